The third-order valence-electron chi connectivity index (χ3n) is 5.72. The number of sulfone groups is 1. The Hall–Kier alpha value is -3.12. The van der Waals surface area contributed by atoms with Crippen molar-refractivity contribution in [3.63, 3.8) is 0 Å². The average molecular weight is 516 g/mol. The van der Waals surface area contributed by atoms with Gasteiger partial charge in [-0.3, -0.25) is 0 Å². The van der Waals surface area contributed by atoms with Crippen molar-refractivity contribution in [3.05, 3.63) is 53.9 Å². The summed E-state index contributed by atoms with van der Waals surface area (Å²) >= 11 is 1.57. The van der Waals surface area contributed by atoms with Crippen LogP contribution in [-0.2, 0) is 16.3 Å². The molecule has 4 rings (SSSR count). The molecule has 2 N–H and O–H groups in total. The van der Waals surface area contributed by atoms with Gasteiger partial charge in [-0.15, -0.1) is 11.8 Å². The second-order valence-electron chi connectivity index (χ2n) is 8.17. The van der Waals surface area contributed by atoms with Crippen molar-refractivity contribution in [2.75, 3.05) is 29.6 Å². The van der Waals surface area contributed by atoms with E-state index in [9.17, 15) is 12.8 Å². The summed E-state index contributed by atoms with van der Waals surface area (Å²) in [6, 6.07) is 3.64. The Balaban J connectivity index is 1.45. The van der Waals surface area contributed by atoms with Crippen LogP contribution in [-0.4, -0.2) is 59.2 Å². The zero-order chi connectivity index (χ0) is 25.0. The Labute approximate surface area is 208 Å². The quantitative estimate of drug-likeness (QED) is 0.340. The summed E-state index contributed by atoms with van der Waals surface area (Å²) in [5.41, 5.74) is 1.63. The van der Waals surface area contributed by atoms with Gasteiger partial charge >= 0.3 is 0 Å². The zero-order valence-electron chi connectivity index (χ0n) is 19.4. The highest BCUT2D eigenvalue weighted by Gasteiger charge is 2.24. The van der Waals surface area contributed by atoms with Crippen LogP contribution in [0.1, 0.15) is 30.9 Å². The molecule has 1 aliphatic rings. The van der Waals surface area contributed by atoms with E-state index in [0.29, 0.717) is 10.6 Å². The minimum Gasteiger partial charge on any atom is -0.341 e. The monoisotopic (exact) mass is 515 g/mol. The van der Waals surface area contributed by atoms with Crippen LogP contribution in [0.5, 0.6) is 0 Å². The van der Waals surface area contributed by atoms with E-state index < -0.39 is 15.7 Å². The molecule has 0 spiro atoms. The molecule has 1 aliphatic heterocycles. The largest absolute Gasteiger partial charge is 0.341 e. The minimum absolute atomic E-state index is 0.0672. The summed E-state index contributed by atoms with van der Waals surface area (Å²) in [7, 11) is -3.52. The number of benzene rings is 1. The highest BCUT2D eigenvalue weighted by molar-refractivity contribution is 8.00. The number of hydrogen-bond acceptors (Lipinski definition) is 10. The average Bonchev–Trinajstić information content (AvgIpc) is 2.85. The van der Waals surface area contributed by atoms with Crippen molar-refractivity contribution < 1.29 is 12.8 Å². The Morgan fingerprint density at radius 3 is 2.51 bits per heavy atom. The van der Waals surface area contributed by atoms with Crippen molar-refractivity contribution in [3.8, 4) is 0 Å². The third kappa shape index (κ3) is 5.93. The summed E-state index contributed by atoms with van der Waals surface area (Å²) in [6.45, 7) is 3.71. The van der Waals surface area contributed by atoms with Crippen LogP contribution in [0.15, 0.2) is 46.8 Å². The first-order chi connectivity index (χ1) is 16.8. The van der Waals surface area contributed by atoms with Gasteiger partial charge in [0.1, 0.15) is 23.0 Å². The lowest BCUT2D eigenvalue weighted by Crippen LogP contribution is -2.36. The summed E-state index contributed by atoms with van der Waals surface area (Å²) in [6.07, 6.45) is 9.98. The van der Waals surface area contributed by atoms with E-state index in [0.717, 1.165) is 62.4 Å². The molecule has 1 aromatic carbocycles. The number of rotatable bonds is 8. The van der Waals surface area contributed by atoms with Crippen LogP contribution in [0, 0.1) is 11.2 Å². The predicted octanol–water partition coefficient (Wildman–Crippen LogP) is 3.87. The number of hydrogen-bond donors (Lipinski definition) is 2. The topological polar surface area (TPSA) is 125 Å². The lowest BCUT2D eigenvalue weighted by Gasteiger charge is -2.31. The molecular formula is C23H26FN7O2S2. The first-order valence-electron chi connectivity index (χ1n) is 11.1. The molecule has 0 unspecified atom stereocenters. The molecule has 0 amide bonds. The van der Waals surface area contributed by atoms with Crippen LogP contribution < -0.4 is 10.2 Å². The van der Waals surface area contributed by atoms with Gasteiger partial charge in [-0.2, -0.15) is 0 Å². The Kier molecular flexibility index (Phi) is 7.60. The van der Waals surface area contributed by atoms with E-state index in [1.807, 2.05) is 12.4 Å². The van der Waals surface area contributed by atoms with Gasteiger partial charge in [0.2, 0.25) is 5.95 Å². The Morgan fingerprint density at radius 2 is 1.91 bits per heavy atom. The fourth-order valence-corrected chi connectivity index (χ4v) is 5.47. The van der Waals surface area contributed by atoms with Crippen LogP contribution >= 0.6 is 11.8 Å². The maximum atomic E-state index is 14.5. The highest BCUT2D eigenvalue weighted by atomic mass is 32.2. The second kappa shape index (κ2) is 10.6. The molecule has 3 aromatic rings. The Bertz CT molecular complexity index is 1310. The van der Waals surface area contributed by atoms with Crippen molar-refractivity contribution in [1.29, 1.82) is 5.41 Å². The molecule has 12 heteroatoms. The van der Waals surface area contributed by atoms with Crippen molar-refractivity contribution in [2.45, 2.75) is 41.4 Å². The van der Waals surface area contributed by atoms with Crippen LogP contribution in [0.2, 0.25) is 0 Å². The number of nitrogens with one attached hydrogen (secondary N) is 2. The van der Waals surface area contributed by atoms with Gasteiger partial charge < -0.3 is 15.6 Å². The van der Waals surface area contributed by atoms with Gasteiger partial charge in [0, 0.05) is 43.2 Å². The minimum atomic E-state index is -3.52. The summed E-state index contributed by atoms with van der Waals surface area (Å²) in [5.74, 6) is 0.298. The third-order valence-corrected chi connectivity index (χ3v) is 8.18. The van der Waals surface area contributed by atoms with E-state index >= 15 is 0 Å². The van der Waals surface area contributed by atoms with Gasteiger partial charge in [0.15, 0.2) is 9.84 Å². The van der Waals surface area contributed by atoms with Crippen molar-refractivity contribution >= 4 is 45.3 Å². The number of halogens is 1. The van der Waals surface area contributed by atoms with E-state index in [-0.39, 0.29) is 21.7 Å². The van der Waals surface area contributed by atoms with Crippen molar-refractivity contribution in [2.24, 2.45) is 0 Å². The molecule has 1 fully saturated rings. The van der Waals surface area contributed by atoms with E-state index in [2.05, 4.69) is 37.1 Å². The number of thioether (sulfide) groups is 1. The number of piperidine rings is 1. The maximum absolute atomic E-state index is 14.5. The molecule has 3 heterocycles. The van der Waals surface area contributed by atoms with E-state index in [1.54, 1.807) is 11.8 Å². The van der Waals surface area contributed by atoms with Gasteiger partial charge in [-0.05, 0) is 43.0 Å². The SMILES string of the molecule is CCc1cnc(N2CCC(Sc3ncnc(Nc4ccc(S(C)(=O)=O)cc4F)c3C=N)CC2)nc1. The molecular weight excluding hydrogens is 489 g/mol. The molecule has 184 valence electrons. The second-order valence-corrected chi connectivity index (χ2v) is 11.5. The fraction of sp³-hybridized carbons (Fsp3) is 0.348. The van der Waals surface area contributed by atoms with Crippen LogP contribution in [0.25, 0.3) is 0 Å². The Morgan fingerprint density at radius 1 is 1.20 bits per heavy atom. The molecule has 0 saturated carbocycles. The van der Waals surface area contributed by atoms with Gasteiger partial charge in [-0.25, -0.2) is 32.7 Å². The predicted molar refractivity (Wildman–Crippen MR) is 135 cm³/mol. The lowest BCUT2D eigenvalue weighted by atomic mass is 10.1. The number of anilines is 3. The molecule has 9 nitrogen and oxygen atoms in total. The van der Waals surface area contributed by atoms with E-state index in [1.165, 1.54) is 18.5 Å². The molecule has 35 heavy (non-hydrogen) atoms. The number of aryl methyl sites for hydroxylation is 1. The molecule has 0 aliphatic carbocycles. The zero-order valence-corrected chi connectivity index (χ0v) is 21.0. The summed E-state index contributed by atoms with van der Waals surface area (Å²) in [4.78, 5) is 19.5. The van der Waals surface area contributed by atoms with E-state index in [4.69, 9.17) is 5.41 Å². The smallest absolute Gasteiger partial charge is 0.225 e. The molecule has 0 atom stereocenters. The lowest BCUT2D eigenvalue weighted by molar-refractivity contribution is 0.579. The molecule has 2 aromatic heterocycles. The number of aromatic nitrogens is 4. The first kappa shape index (κ1) is 25.0. The fourth-order valence-electron chi connectivity index (χ4n) is 3.68. The number of nitrogens with zero attached hydrogens (tertiary/aromatic N) is 5. The summed E-state index contributed by atoms with van der Waals surface area (Å²) < 4.78 is 37.9. The molecule has 0 bridgehead atoms. The van der Waals surface area contributed by atoms with Gasteiger partial charge in [0.25, 0.3) is 0 Å². The van der Waals surface area contributed by atoms with Crippen molar-refractivity contribution in [1.82, 2.24) is 19.9 Å². The first-order valence-corrected chi connectivity index (χ1v) is 13.9. The standard InChI is InChI=1S/C23H26FN7O2S2/c1-3-15-12-26-23(27-13-15)31-8-6-16(7-9-31)34-22-18(11-25)21(28-14-29-22)30-20-5-4-17(10-19(20)24)35(2,32)33/h4-5,10-14,16,25H,3,6-9H2,1-2H3,(H,28,29,30). The summed E-state index contributed by atoms with van der Waals surface area (Å²) in [5, 5.41) is 11.7. The van der Waals surface area contributed by atoms with Crippen LogP contribution in [0.4, 0.5) is 21.8 Å². The molecule has 1 saturated heterocycles. The highest BCUT2D eigenvalue weighted by Crippen LogP contribution is 2.34. The van der Waals surface area contributed by atoms with Crippen LogP contribution in [0.3, 0.4) is 0 Å². The van der Waals surface area contributed by atoms with Gasteiger partial charge in [-0.1, -0.05) is 6.92 Å². The maximum Gasteiger partial charge on any atom is 0.225 e. The molecule has 0 radical (unpaired) electrons. The normalized spacial score (nSPS) is 14.7. The van der Waals surface area contributed by atoms with Gasteiger partial charge in [0.05, 0.1) is 16.1 Å².